The molecule has 0 bridgehead atoms. The van der Waals surface area contributed by atoms with Crippen LogP contribution in [0.5, 0.6) is 5.75 Å². The summed E-state index contributed by atoms with van der Waals surface area (Å²) in [7, 11) is 1.42. The zero-order chi connectivity index (χ0) is 26.0. The van der Waals surface area contributed by atoms with Crippen molar-refractivity contribution in [3.05, 3.63) is 53.3 Å². The number of benzene rings is 2. The van der Waals surface area contributed by atoms with E-state index in [1.807, 2.05) is 12.1 Å². The van der Waals surface area contributed by atoms with Crippen molar-refractivity contribution in [2.45, 2.75) is 73.1 Å². The van der Waals surface area contributed by atoms with Crippen LogP contribution in [0, 0.1) is 30.5 Å². The van der Waals surface area contributed by atoms with E-state index in [0.717, 1.165) is 49.6 Å². The monoisotopic (exact) mass is 484 g/mol. The molecular formula is C29H41FN2O3. The minimum atomic E-state index is -0.458. The first-order chi connectivity index (χ1) is 16.7. The molecule has 2 amide bonds. The predicted octanol–water partition coefficient (Wildman–Crippen LogP) is 7.14. The van der Waals surface area contributed by atoms with Gasteiger partial charge >= 0.3 is 0 Å². The smallest absolute Gasteiger partial charge is 0.227 e. The van der Waals surface area contributed by atoms with E-state index in [1.54, 1.807) is 6.07 Å². The molecule has 1 fully saturated rings. The van der Waals surface area contributed by atoms with Gasteiger partial charge in [0.15, 0.2) is 11.6 Å². The number of rotatable bonds is 7. The number of halogens is 1. The topological polar surface area (TPSA) is 67.4 Å². The van der Waals surface area contributed by atoms with Crippen molar-refractivity contribution >= 4 is 23.2 Å². The van der Waals surface area contributed by atoms with Crippen LogP contribution in [0.4, 0.5) is 15.8 Å². The Morgan fingerprint density at radius 1 is 1.09 bits per heavy atom. The fourth-order valence-electron chi connectivity index (χ4n) is 4.75. The molecule has 3 rings (SSSR count). The average Bonchev–Trinajstić information content (AvgIpc) is 2.84. The predicted molar refractivity (Wildman–Crippen MR) is 141 cm³/mol. The van der Waals surface area contributed by atoms with E-state index in [1.165, 1.54) is 43.7 Å². The summed E-state index contributed by atoms with van der Waals surface area (Å²) in [6, 6.07) is 10.5. The molecule has 0 spiro atoms. The molecule has 35 heavy (non-hydrogen) atoms. The van der Waals surface area contributed by atoms with Crippen LogP contribution in [0.2, 0.25) is 0 Å². The minimum Gasteiger partial charge on any atom is -0.494 e. The van der Waals surface area contributed by atoms with Gasteiger partial charge in [-0.2, -0.15) is 0 Å². The Kier molecular flexibility index (Phi) is 11.2. The lowest BCUT2D eigenvalue weighted by atomic mass is 9.75. The Morgan fingerprint density at radius 3 is 2.31 bits per heavy atom. The first kappa shape index (κ1) is 28.3. The van der Waals surface area contributed by atoms with Gasteiger partial charge in [0.1, 0.15) is 0 Å². The lowest BCUT2D eigenvalue weighted by molar-refractivity contribution is -0.121. The van der Waals surface area contributed by atoms with Gasteiger partial charge in [-0.15, -0.1) is 0 Å². The first-order valence-corrected chi connectivity index (χ1v) is 12.7. The Hall–Kier alpha value is -2.89. The summed E-state index contributed by atoms with van der Waals surface area (Å²) < 4.78 is 18.5. The van der Waals surface area contributed by atoms with Gasteiger partial charge in [0.05, 0.1) is 7.11 Å². The lowest BCUT2D eigenvalue weighted by Crippen LogP contribution is -2.28. The van der Waals surface area contributed by atoms with Crippen LogP contribution in [0.25, 0.3) is 0 Å². The number of hydrogen-bond acceptors (Lipinski definition) is 3. The molecule has 2 aromatic carbocycles. The van der Waals surface area contributed by atoms with Crippen molar-refractivity contribution < 1.29 is 18.7 Å². The van der Waals surface area contributed by atoms with Crippen molar-refractivity contribution in [2.75, 3.05) is 17.7 Å². The molecule has 0 saturated heterocycles. The zero-order valence-electron chi connectivity index (χ0n) is 22.0. The third-order valence-corrected chi connectivity index (χ3v) is 7.09. The number of carbonyl (C=O) groups excluding carboxylic acids is 2. The normalized spacial score (nSPS) is 18.0. The second-order valence-electron chi connectivity index (χ2n) is 9.47. The maximum Gasteiger partial charge on any atom is 0.227 e. The first-order valence-electron chi connectivity index (χ1n) is 12.7. The van der Waals surface area contributed by atoms with Crippen molar-refractivity contribution in [1.29, 1.82) is 0 Å². The molecule has 6 heteroatoms. The van der Waals surface area contributed by atoms with Gasteiger partial charge in [-0.05, 0) is 80.2 Å². The van der Waals surface area contributed by atoms with E-state index in [9.17, 15) is 14.0 Å². The van der Waals surface area contributed by atoms with E-state index in [-0.39, 0.29) is 23.5 Å². The third kappa shape index (κ3) is 8.37. The number of hydrogen-bond donors (Lipinski definition) is 2. The fraction of sp³-hybridized carbons (Fsp3) is 0.517. The molecule has 1 unspecified atom stereocenters. The summed E-state index contributed by atoms with van der Waals surface area (Å²) in [5.41, 5.74) is 3.88. The number of anilines is 2. The maximum absolute atomic E-state index is 13.6. The van der Waals surface area contributed by atoms with E-state index in [4.69, 9.17) is 4.74 Å². The molecular weight excluding hydrogens is 443 g/mol. The Bertz CT molecular complexity index is 984. The van der Waals surface area contributed by atoms with Gasteiger partial charge in [0, 0.05) is 30.3 Å². The fourth-order valence-corrected chi connectivity index (χ4v) is 4.75. The van der Waals surface area contributed by atoms with Gasteiger partial charge < -0.3 is 15.4 Å². The van der Waals surface area contributed by atoms with Crippen LogP contribution in [-0.4, -0.2) is 18.9 Å². The van der Waals surface area contributed by atoms with Crippen LogP contribution < -0.4 is 15.4 Å². The van der Waals surface area contributed by atoms with Crippen LogP contribution in [0.3, 0.4) is 0 Å². The minimum absolute atomic E-state index is 0.00664. The van der Waals surface area contributed by atoms with Crippen molar-refractivity contribution in [3.63, 3.8) is 0 Å². The van der Waals surface area contributed by atoms with Gasteiger partial charge in [0.25, 0.3) is 0 Å². The molecule has 192 valence electrons. The number of ether oxygens (including phenoxy) is 1. The quantitative estimate of drug-likeness (QED) is 0.439. The number of aryl methyl sites for hydroxylation is 1. The molecule has 1 saturated carbocycles. The molecule has 0 heterocycles. The SMILES string of the molecule is CCC(C)C1CCC(C(=O)Nc2ccc(OC)c(F)c2)CC1.CCc1c(C)cccc1NC(C)=O. The number of carbonyl (C=O) groups is 2. The van der Waals surface area contributed by atoms with Crippen LogP contribution >= 0.6 is 0 Å². The zero-order valence-corrected chi connectivity index (χ0v) is 22.0. The molecule has 0 aliphatic heterocycles. The summed E-state index contributed by atoms with van der Waals surface area (Å²) in [6.45, 7) is 10.2. The second kappa shape index (κ2) is 13.9. The van der Waals surface area contributed by atoms with E-state index in [0.29, 0.717) is 5.69 Å². The highest BCUT2D eigenvalue weighted by atomic mass is 19.1. The Morgan fingerprint density at radius 2 is 1.77 bits per heavy atom. The van der Waals surface area contributed by atoms with E-state index in [2.05, 4.69) is 44.4 Å². The summed E-state index contributed by atoms with van der Waals surface area (Å²) in [5, 5.41) is 5.65. The summed E-state index contributed by atoms with van der Waals surface area (Å²) >= 11 is 0. The molecule has 0 radical (unpaired) electrons. The molecule has 1 aliphatic carbocycles. The summed E-state index contributed by atoms with van der Waals surface area (Å²) in [6.07, 6.45) is 6.24. The van der Waals surface area contributed by atoms with Gasteiger partial charge in [-0.3, -0.25) is 9.59 Å². The van der Waals surface area contributed by atoms with Crippen LogP contribution in [0.15, 0.2) is 36.4 Å². The van der Waals surface area contributed by atoms with Gasteiger partial charge in [0.2, 0.25) is 11.8 Å². The second-order valence-corrected chi connectivity index (χ2v) is 9.47. The molecule has 1 aliphatic rings. The molecule has 0 aromatic heterocycles. The average molecular weight is 485 g/mol. The largest absolute Gasteiger partial charge is 0.494 e. The maximum atomic E-state index is 13.6. The van der Waals surface area contributed by atoms with Crippen molar-refractivity contribution in [3.8, 4) is 5.75 Å². The van der Waals surface area contributed by atoms with Gasteiger partial charge in [-0.25, -0.2) is 4.39 Å². The van der Waals surface area contributed by atoms with Gasteiger partial charge in [-0.1, -0.05) is 39.3 Å². The Labute approximate surface area is 209 Å². The number of methoxy groups -OCH3 is 1. The standard InChI is InChI=1S/C18H26FNO2.C11H15NO/c1-4-12(2)13-5-7-14(8-6-13)18(21)20-15-9-10-17(22-3)16(19)11-15;1-4-10-8(2)6-5-7-11(10)12-9(3)13/h9-14H,4-8H2,1-3H3,(H,20,21);5-7H,4H2,1-3H3,(H,12,13). The van der Waals surface area contributed by atoms with Crippen LogP contribution in [-0.2, 0) is 16.0 Å². The summed E-state index contributed by atoms with van der Waals surface area (Å²) in [5.74, 6) is 1.25. The lowest BCUT2D eigenvalue weighted by Gasteiger charge is -2.31. The molecule has 2 N–H and O–H groups in total. The van der Waals surface area contributed by atoms with Crippen LogP contribution in [0.1, 0.15) is 70.9 Å². The highest BCUT2D eigenvalue weighted by Crippen LogP contribution is 2.35. The van der Waals surface area contributed by atoms with E-state index < -0.39 is 5.82 Å². The molecule has 1 atom stereocenters. The van der Waals surface area contributed by atoms with E-state index >= 15 is 0 Å². The molecule has 2 aromatic rings. The highest BCUT2D eigenvalue weighted by molar-refractivity contribution is 5.92. The summed E-state index contributed by atoms with van der Waals surface area (Å²) in [4.78, 5) is 23.2. The highest BCUT2D eigenvalue weighted by Gasteiger charge is 2.28. The van der Waals surface area contributed by atoms with Crippen molar-refractivity contribution in [1.82, 2.24) is 0 Å². The third-order valence-electron chi connectivity index (χ3n) is 7.09. The number of nitrogens with one attached hydrogen (secondary N) is 2. The number of amides is 2. The molecule has 5 nitrogen and oxygen atoms in total. The van der Waals surface area contributed by atoms with Crippen molar-refractivity contribution in [2.24, 2.45) is 17.8 Å². The Balaban J connectivity index is 0.000000283.